The minimum absolute atomic E-state index is 0.304. The Labute approximate surface area is 114 Å². The van der Waals surface area contributed by atoms with E-state index in [1.54, 1.807) is 19.2 Å². The van der Waals surface area contributed by atoms with Gasteiger partial charge in [-0.25, -0.2) is 9.78 Å². The van der Waals surface area contributed by atoms with Crippen molar-refractivity contribution in [1.82, 2.24) is 4.98 Å². The number of anilines is 1. The van der Waals surface area contributed by atoms with Crippen molar-refractivity contribution in [2.45, 2.75) is 52.1 Å². The molecule has 0 bridgehead atoms. The zero-order chi connectivity index (χ0) is 13.8. The molecule has 19 heavy (non-hydrogen) atoms. The molecule has 0 amide bonds. The second kappa shape index (κ2) is 6.04. The molecular formula is C15H22N2O2. The molecule has 0 saturated carbocycles. The average molecular weight is 262 g/mol. The number of hydrogen-bond donors (Lipinski definition) is 0. The Hall–Kier alpha value is -1.58. The lowest BCUT2D eigenvalue weighted by molar-refractivity contribution is 0.0526. The first kappa shape index (κ1) is 13.8. The fraction of sp³-hybridized carbons (Fsp3) is 0.600. The van der Waals surface area contributed by atoms with Gasteiger partial charge in [-0.2, -0.15) is 0 Å². The smallest absolute Gasteiger partial charge is 0.339 e. The van der Waals surface area contributed by atoms with Crippen molar-refractivity contribution < 1.29 is 9.53 Å². The molecular weight excluding hydrogens is 240 g/mol. The van der Waals surface area contributed by atoms with Crippen LogP contribution in [0, 0.1) is 0 Å². The summed E-state index contributed by atoms with van der Waals surface area (Å²) in [4.78, 5) is 18.4. The van der Waals surface area contributed by atoms with E-state index in [9.17, 15) is 4.79 Å². The molecule has 2 rings (SSSR count). The Kier molecular flexibility index (Phi) is 4.40. The van der Waals surface area contributed by atoms with Crippen LogP contribution < -0.4 is 4.90 Å². The van der Waals surface area contributed by atoms with E-state index in [2.05, 4.69) is 23.7 Å². The summed E-state index contributed by atoms with van der Waals surface area (Å²) in [6.45, 7) is 6.66. The Bertz CT molecular complexity index is 420. The number of nitrogens with zero attached hydrogens (tertiary/aromatic N) is 2. The van der Waals surface area contributed by atoms with E-state index in [0.29, 0.717) is 24.3 Å². The quantitative estimate of drug-likeness (QED) is 0.785. The Morgan fingerprint density at radius 3 is 2.58 bits per heavy atom. The predicted octanol–water partition coefficient (Wildman–Crippen LogP) is 3.03. The molecule has 0 spiro atoms. The molecule has 2 heterocycles. The molecule has 0 radical (unpaired) electrons. The van der Waals surface area contributed by atoms with E-state index in [-0.39, 0.29) is 5.97 Å². The summed E-state index contributed by atoms with van der Waals surface area (Å²) < 4.78 is 4.96. The van der Waals surface area contributed by atoms with E-state index >= 15 is 0 Å². The van der Waals surface area contributed by atoms with Gasteiger partial charge in [-0.1, -0.05) is 0 Å². The summed E-state index contributed by atoms with van der Waals surface area (Å²) in [5.41, 5.74) is 0.517. The van der Waals surface area contributed by atoms with Crippen LogP contribution in [-0.4, -0.2) is 29.6 Å². The van der Waals surface area contributed by atoms with E-state index in [1.165, 1.54) is 19.3 Å². The lowest BCUT2D eigenvalue weighted by Gasteiger charge is -2.40. The molecule has 4 heteroatoms. The fourth-order valence-electron chi connectivity index (χ4n) is 2.75. The lowest BCUT2D eigenvalue weighted by atomic mass is 9.97. The molecule has 2 atom stereocenters. The number of piperidine rings is 1. The molecule has 0 N–H and O–H groups in total. The number of pyridine rings is 1. The highest BCUT2D eigenvalue weighted by atomic mass is 16.5. The highest BCUT2D eigenvalue weighted by molar-refractivity contribution is 5.89. The first-order chi connectivity index (χ1) is 9.13. The van der Waals surface area contributed by atoms with E-state index in [4.69, 9.17) is 4.74 Å². The van der Waals surface area contributed by atoms with Gasteiger partial charge in [0.15, 0.2) is 0 Å². The number of ether oxygens (including phenoxy) is 1. The van der Waals surface area contributed by atoms with Crippen molar-refractivity contribution in [2.24, 2.45) is 0 Å². The highest BCUT2D eigenvalue weighted by Gasteiger charge is 2.25. The minimum Gasteiger partial charge on any atom is -0.462 e. The van der Waals surface area contributed by atoms with Gasteiger partial charge in [-0.3, -0.25) is 0 Å². The normalized spacial score (nSPS) is 23.2. The molecule has 4 nitrogen and oxygen atoms in total. The van der Waals surface area contributed by atoms with Crippen molar-refractivity contribution in [2.75, 3.05) is 11.5 Å². The highest BCUT2D eigenvalue weighted by Crippen LogP contribution is 2.27. The average Bonchev–Trinajstić information content (AvgIpc) is 2.39. The van der Waals surface area contributed by atoms with Gasteiger partial charge < -0.3 is 9.64 Å². The Morgan fingerprint density at radius 1 is 1.37 bits per heavy atom. The summed E-state index contributed by atoms with van der Waals surface area (Å²) >= 11 is 0. The molecule has 1 fully saturated rings. The van der Waals surface area contributed by atoms with Gasteiger partial charge in [0.25, 0.3) is 0 Å². The number of aromatic nitrogens is 1. The van der Waals surface area contributed by atoms with Crippen molar-refractivity contribution in [3.63, 3.8) is 0 Å². The van der Waals surface area contributed by atoms with E-state index in [1.807, 2.05) is 6.07 Å². The third-order valence-corrected chi connectivity index (χ3v) is 3.72. The van der Waals surface area contributed by atoms with Crippen molar-refractivity contribution >= 4 is 11.8 Å². The maximum atomic E-state index is 11.6. The van der Waals surface area contributed by atoms with Crippen molar-refractivity contribution in [3.05, 3.63) is 23.9 Å². The van der Waals surface area contributed by atoms with Crippen LogP contribution in [0.4, 0.5) is 5.82 Å². The topological polar surface area (TPSA) is 42.4 Å². The van der Waals surface area contributed by atoms with Gasteiger partial charge in [0.05, 0.1) is 12.2 Å². The van der Waals surface area contributed by atoms with Gasteiger partial charge in [0, 0.05) is 18.3 Å². The second-order valence-electron chi connectivity index (χ2n) is 5.16. The summed E-state index contributed by atoms with van der Waals surface area (Å²) in [5.74, 6) is 0.647. The molecule has 1 aromatic rings. The van der Waals surface area contributed by atoms with Gasteiger partial charge in [-0.15, -0.1) is 0 Å². The molecule has 0 aliphatic carbocycles. The number of carbonyl (C=O) groups excluding carboxylic acids is 1. The first-order valence-electron chi connectivity index (χ1n) is 7.05. The number of hydrogen-bond acceptors (Lipinski definition) is 4. The maximum Gasteiger partial charge on any atom is 0.339 e. The molecule has 1 aliphatic rings. The molecule has 0 unspecified atom stereocenters. The molecule has 1 aromatic heterocycles. The monoisotopic (exact) mass is 262 g/mol. The van der Waals surface area contributed by atoms with Crippen LogP contribution in [0.5, 0.6) is 0 Å². The number of esters is 1. The fourth-order valence-corrected chi connectivity index (χ4v) is 2.75. The Morgan fingerprint density at radius 2 is 2.05 bits per heavy atom. The van der Waals surface area contributed by atoms with Crippen LogP contribution in [0.15, 0.2) is 18.3 Å². The lowest BCUT2D eigenvalue weighted by Crippen LogP contribution is -2.44. The summed E-state index contributed by atoms with van der Waals surface area (Å²) in [6.07, 6.45) is 5.29. The molecule has 0 aromatic carbocycles. The van der Waals surface area contributed by atoms with E-state index < -0.39 is 0 Å². The van der Waals surface area contributed by atoms with Gasteiger partial charge >= 0.3 is 5.97 Å². The van der Waals surface area contributed by atoms with Crippen molar-refractivity contribution in [3.8, 4) is 0 Å². The molecule has 1 aliphatic heterocycles. The number of rotatable bonds is 3. The van der Waals surface area contributed by atoms with Gasteiger partial charge in [0.2, 0.25) is 0 Å². The third-order valence-electron chi connectivity index (χ3n) is 3.72. The maximum absolute atomic E-state index is 11.6. The Balaban J connectivity index is 2.15. The van der Waals surface area contributed by atoms with Gasteiger partial charge in [-0.05, 0) is 52.2 Å². The SMILES string of the molecule is CCOC(=O)c1ccc(N2[C@H](C)CCC[C@@H]2C)nc1. The zero-order valence-corrected chi connectivity index (χ0v) is 11.9. The standard InChI is InChI=1S/C15H22N2O2/c1-4-19-15(18)13-8-9-14(16-10-13)17-11(2)6-5-7-12(17)3/h8-12H,4-7H2,1-3H3/t11-,12+. The van der Waals surface area contributed by atoms with Crippen LogP contribution in [0.25, 0.3) is 0 Å². The summed E-state index contributed by atoms with van der Waals surface area (Å²) in [5, 5.41) is 0. The molecule has 104 valence electrons. The van der Waals surface area contributed by atoms with Crippen LogP contribution in [-0.2, 0) is 4.74 Å². The van der Waals surface area contributed by atoms with Gasteiger partial charge in [0.1, 0.15) is 5.82 Å². The van der Waals surface area contributed by atoms with Crippen LogP contribution in [0.1, 0.15) is 50.4 Å². The minimum atomic E-state index is -0.304. The third kappa shape index (κ3) is 3.06. The van der Waals surface area contributed by atoms with Crippen LogP contribution >= 0.6 is 0 Å². The second-order valence-corrected chi connectivity index (χ2v) is 5.16. The van der Waals surface area contributed by atoms with Crippen molar-refractivity contribution in [1.29, 1.82) is 0 Å². The van der Waals surface area contributed by atoms with E-state index in [0.717, 1.165) is 5.82 Å². The first-order valence-corrected chi connectivity index (χ1v) is 7.05. The van der Waals surface area contributed by atoms with Crippen LogP contribution in [0.3, 0.4) is 0 Å². The summed E-state index contributed by atoms with van der Waals surface area (Å²) in [7, 11) is 0. The number of carbonyl (C=O) groups is 1. The molecule has 1 saturated heterocycles. The van der Waals surface area contributed by atoms with Crippen LogP contribution in [0.2, 0.25) is 0 Å². The zero-order valence-electron chi connectivity index (χ0n) is 11.9. The largest absolute Gasteiger partial charge is 0.462 e. The summed E-state index contributed by atoms with van der Waals surface area (Å²) in [6, 6.07) is 4.73. The predicted molar refractivity (Wildman–Crippen MR) is 75.4 cm³/mol.